The van der Waals surface area contributed by atoms with E-state index in [-0.39, 0.29) is 5.69 Å². The molecule has 0 aliphatic heterocycles. The molecule has 18 heavy (non-hydrogen) atoms. The van der Waals surface area contributed by atoms with Gasteiger partial charge in [-0.25, -0.2) is 0 Å². The van der Waals surface area contributed by atoms with Crippen molar-refractivity contribution in [1.29, 1.82) is 0 Å². The molecule has 8 heteroatoms. The van der Waals surface area contributed by atoms with Gasteiger partial charge in [-0.1, -0.05) is 12.1 Å². The summed E-state index contributed by atoms with van der Waals surface area (Å²) in [6.45, 7) is 0. The SMILES string of the molecule is O=[N+]([O-])c1cn(-c2ccccc2C(F)(F)F)cn1. The van der Waals surface area contributed by atoms with Gasteiger partial charge in [0.2, 0.25) is 6.33 Å². The summed E-state index contributed by atoms with van der Waals surface area (Å²) in [5, 5.41) is 10.4. The fraction of sp³-hybridized carbons (Fsp3) is 0.100. The summed E-state index contributed by atoms with van der Waals surface area (Å²) in [4.78, 5) is 13.1. The molecular weight excluding hydrogens is 251 g/mol. The van der Waals surface area contributed by atoms with Crippen LogP contribution in [0, 0.1) is 10.1 Å². The number of imidazole rings is 1. The Kier molecular flexibility index (Phi) is 2.77. The summed E-state index contributed by atoms with van der Waals surface area (Å²) < 4.78 is 39.2. The van der Waals surface area contributed by atoms with Crippen molar-refractivity contribution >= 4 is 5.82 Å². The molecule has 0 saturated carbocycles. The molecule has 1 heterocycles. The molecule has 1 aromatic heterocycles. The lowest BCUT2D eigenvalue weighted by Gasteiger charge is -2.11. The molecule has 0 amide bonds. The van der Waals surface area contributed by atoms with E-state index in [4.69, 9.17) is 0 Å². The Morgan fingerprint density at radius 1 is 1.28 bits per heavy atom. The highest BCUT2D eigenvalue weighted by molar-refractivity contribution is 5.43. The average molecular weight is 257 g/mol. The van der Waals surface area contributed by atoms with E-state index < -0.39 is 22.5 Å². The van der Waals surface area contributed by atoms with Crippen LogP contribution in [0.5, 0.6) is 0 Å². The minimum absolute atomic E-state index is 0.203. The van der Waals surface area contributed by atoms with Crippen LogP contribution in [0.15, 0.2) is 36.8 Å². The molecule has 0 unspecified atom stereocenters. The zero-order valence-electron chi connectivity index (χ0n) is 8.76. The van der Waals surface area contributed by atoms with Crippen molar-refractivity contribution in [2.75, 3.05) is 0 Å². The smallest absolute Gasteiger partial charge is 0.358 e. The Morgan fingerprint density at radius 3 is 2.50 bits per heavy atom. The number of nitro groups is 1. The van der Waals surface area contributed by atoms with Gasteiger partial charge >= 0.3 is 12.0 Å². The molecule has 2 aromatic rings. The third-order valence-corrected chi connectivity index (χ3v) is 2.24. The van der Waals surface area contributed by atoms with Gasteiger partial charge in [-0.05, 0) is 22.0 Å². The van der Waals surface area contributed by atoms with Crippen LogP contribution in [0.25, 0.3) is 5.69 Å². The number of para-hydroxylation sites is 1. The highest BCUT2D eigenvalue weighted by atomic mass is 19.4. The number of halogens is 3. The number of hydrogen-bond donors (Lipinski definition) is 0. The zero-order chi connectivity index (χ0) is 13.3. The number of rotatable bonds is 2. The number of nitrogens with zero attached hydrogens (tertiary/aromatic N) is 3. The summed E-state index contributed by atoms with van der Waals surface area (Å²) in [7, 11) is 0. The summed E-state index contributed by atoms with van der Waals surface area (Å²) >= 11 is 0. The Hall–Kier alpha value is -2.38. The molecule has 0 fully saturated rings. The topological polar surface area (TPSA) is 61.0 Å². The normalized spacial score (nSPS) is 11.5. The van der Waals surface area contributed by atoms with E-state index in [0.717, 1.165) is 23.2 Å². The molecule has 0 atom stereocenters. The van der Waals surface area contributed by atoms with Gasteiger partial charge in [-0.2, -0.15) is 13.2 Å². The molecule has 0 aliphatic carbocycles. The first-order valence-corrected chi connectivity index (χ1v) is 4.74. The number of hydrogen-bond acceptors (Lipinski definition) is 3. The highest BCUT2D eigenvalue weighted by Gasteiger charge is 2.34. The second kappa shape index (κ2) is 4.13. The predicted octanol–water partition coefficient (Wildman–Crippen LogP) is 2.80. The number of benzene rings is 1. The van der Waals surface area contributed by atoms with Gasteiger partial charge < -0.3 is 10.1 Å². The van der Waals surface area contributed by atoms with Gasteiger partial charge in [-0.15, -0.1) is 0 Å². The largest absolute Gasteiger partial charge is 0.418 e. The van der Waals surface area contributed by atoms with E-state index in [0.29, 0.717) is 0 Å². The summed E-state index contributed by atoms with van der Waals surface area (Å²) in [6, 6.07) is 4.78. The standard InChI is InChI=1S/C10H6F3N3O2/c11-10(12,13)7-3-1-2-4-8(7)15-5-9(14-6-15)16(17)18/h1-6H. The van der Waals surface area contributed by atoms with Crippen molar-refractivity contribution in [2.45, 2.75) is 6.18 Å². The highest BCUT2D eigenvalue weighted by Crippen LogP contribution is 2.33. The van der Waals surface area contributed by atoms with Gasteiger partial charge in [0.25, 0.3) is 0 Å². The maximum atomic E-state index is 12.7. The Labute approximate surface area is 98.6 Å². The first kappa shape index (κ1) is 12.1. The quantitative estimate of drug-likeness (QED) is 0.613. The van der Waals surface area contributed by atoms with Crippen molar-refractivity contribution in [3.8, 4) is 5.69 Å². The van der Waals surface area contributed by atoms with E-state index in [1.165, 1.54) is 18.2 Å². The Morgan fingerprint density at radius 2 is 1.94 bits per heavy atom. The monoisotopic (exact) mass is 257 g/mol. The predicted molar refractivity (Wildman–Crippen MR) is 55.2 cm³/mol. The number of alkyl halides is 3. The van der Waals surface area contributed by atoms with E-state index >= 15 is 0 Å². The molecule has 0 aliphatic rings. The molecule has 0 saturated heterocycles. The molecule has 0 spiro atoms. The Balaban J connectivity index is 2.53. The van der Waals surface area contributed by atoms with Crippen molar-refractivity contribution in [2.24, 2.45) is 0 Å². The Bertz CT molecular complexity index is 592. The second-order valence-corrected chi connectivity index (χ2v) is 3.41. The first-order valence-electron chi connectivity index (χ1n) is 4.74. The second-order valence-electron chi connectivity index (χ2n) is 3.41. The van der Waals surface area contributed by atoms with Crippen LogP contribution >= 0.6 is 0 Å². The van der Waals surface area contributed by atoms with Crippen LogP contribution in [0.4, 0.5) is 19.0 Å². The molecule has 0 N–H and O–H groups in total. The lowest BCUT2D eigenvalue weighted by molar-refractivity contribution is -0.389. The van der Waals surface area contributed by atoms with Crippen LogP contribution in [0.2, 0.25) is 0 Å². The maximum absolute atomic E-state index is 12.7. The van der Waals surface area contributed by atoms with Gasteiger partial charge in [0.15, 0.2) is 0 Å². The zero-order valence-corrected chi connectivity index (χ0v) is 8.76. The van der Waals surface area contributed by atoms with Crippen LogP contribution in [-0.2, 0) is 6.18 Å². The third kappa shape index (κ3) is 2.17. The van der Waals surface area contributed by atoms with Crippen LogP contribution in [-0.4, -0.2) is 14.5 Å². The van der Waals surface area contributed by atoms with E-state index in [1.54, 1.807) is 0 Å². The molecule has 0 bridgehead atoms. The molecule has 0 radical (unpaired) electrons. The van der Waals surface area contributed by atoms with Crippen molar-refractivity contribution in [3.63, 3.8) is 0 Å². The van der Waals surface area contributed by atoms with Crippen molar-refractivity contribution < 1.29 is 18.1 Å². The van der Waals surface area contributed by atoms with Crippen molar-refractivity contribution in [3.05, 3.63) is 52.5 Å². The lowest BCUT2D eigenvalue weighted by atomic mass is 10.1. The fourth-order valence-corrected chi connectivity index (χ4v) is 1.48. The van der Waals surface area contributed by atoms with E-state index in [2.05, 4.69) is 4.98 Å². The van der Waals surface area contributed by atoms with Crippen LogP contribution < -0.4 is 0 Å². The van der Waals surface area contributed by atoms with Crippen LogP contribution in [0.1, 0.15) is 5.56 Å². The minimum Gasteiger partial charge on any atom is -0.358 e. The maximum Gasteiger partial charge on any atom is 0.418 e. The van der Waals surface area contributed by atoms with Gasteiger partial charge in [0.1, 0.15) is 6.20 Å². The van der Waals surface area contributed by atoms with Gasteiger partial charge in [-0.3, -0.25) is 4.57 Å². The molecule has 94 valence electrons. The van der Waals surface area contributed by atoms with E-state index in [1.807, 2.05) is 0 Å². The minimum atomic E-state index is -4.53. The molecule has 1 aromatic carbocycles. The summed E-state index contributed by atoms with van der Waals surface area (Å²) in [5.41, 5.74) is -1.08. The van der Waals surface area contributed by atoms with E-state index in [9.17, 15) is 23.3 Å². The number of aromatic nitrogens is 2. The van der Waals surface area contributed by atoms with Gasteiger partial charge in [0.05, 0.1) is 11.3 Å². The average Bonchev–Trinajstić information content (AvgIpc) is 2.77. The summed E-state index contributed by atoms with van der Waals surface area (Å²) in [5.74, 6) is -0.507. The van der Waals surface area contributed by atoms with Crippen molar-refractivity contribution in [1.82, 2.24) is 9.55 Å². The third-order valence-electron chi connectivity index (χ3n) is 2.24. The lowest BCUT2D eigenvalue weighted by Crippen LogP contribution is -2.09. The van der Waals surface area contributed by atoms with Gasteiger partial charge in [0, 0.05) is 0 Å². The summed E-state index contributed by atoms with van der Waals surface area (Å²) in [6.07, 6.45) is -2.62. The molecule has 5 nitrogen and oxygen atoms in total. The van der Waals surface area contributed by atoms with Crippen LogP contribution in [0.3, 0.4) is 0 Å². The molecule has 2 rings (SSSR count). The fourth-order valence-electron chi connectivity index (χ4n) is 1.48. The first-order chi connectivity index (χ1) is 8.39. The molecular formula is C10H6F3N3O2.